The van der Waals surface area contributed by atoms with Gasteiger partial charge in [-0.2, -0.15) is 7.11 Å². The molecule has 0 saturated carbocycles. The number of aliphatic carboxylic acids is 1. The number of hydrogen-bond donors (Lipinski definition) is 0. The van der Waals surface area contributed by atoms with Crippen LogP contribution in [-0.4, -0.2) is 56.6 Å². The fourth-order valence-electron chi connectivity index (χ4n) is 1.35. The van der Waals surface area contributed by atoms with Gasteiger partial charge >= 0.3 is 37.7 Å². The molecule has 0 unspecified atom stereocenters. The van der Waals surface area contributed by atoms with Crippen LogP contribution in [0.25, 0.3) is 0 Å². The van der Waals surface area contributed by atoms with Crippen molar-refractivity contribution in [2.24, 2.45) is 0 Å². The van der Waals surface area contributed by atoms with E-state index in [0.29, 0.717) is 6.42 Å². The van der Waals surface area contributed by atoms with Gasteiger partial charge in [-0.3, -0.25) is 0 Å². The van der Waals surface area contributed by atoms with Crippen LogP contribution < -0.4 is 10.2 Å². The van der Waals surface area contributed by atoms with Crippen LogP contribution in [0.5, 0.6) is 0 Å². The third kappa shape index (κ3) is 26.1. The number of carbonyl (C=O) groups is 2. The van der Waals surface area contributed by atoms with Crippen LogP contribution in [0.2, 0.25) is 0 Å². The van der Waals surface area contributed by atoms with E-state index < -0.39 is 5.97 Å². The Morgan fingerprint density at radius 1 is 0.824 bits per heavy atom. The Labute approximate surface area is 134 Å². The molecule has 0 aromatic heterocycles. The van der Waals surface area contributed by atoms with E-state index in [1.807, 2.05) is 0 Å². The first-order valence-corrected chi connectivity index (χ1v) is 5.73. The zero-order valence-electron chi connectivity index (χ0n) is 11.0. The fourth-order valence-corrected chi connectivity index (χ4v) is 1.35. The van der Waals surface area contributed by atoms with Crippen LogP contribution in [0.1, 0.15) is 58.3 Å². The summed E-state index contributed by atoms with van der Waals surface area (Å²) in [6.45, 7) is 1.61. The molecule has 0 rings (SSSR count). The fraction of sp³-hybridized carbons (Fsp3) is 0.833. The minimum Gasteiger partial charge on any atom is -0.857 e. The summed E-state index contributed by atoms with van der Waals surface area (Å²) in [5.41, 5.74) is 0. The second kappa shape index (κ2) is 18.7. The summed E-state index contributed by atoms with van der Waals surface area (Å²) in [6.07, 6.45) is 6.72. The maximum atomic E-state index is 10.6. The van der Waals surface area contributed by atoms with Crippen molar-refractivity contribution < 1.29 is 19.8 Å². The Morgan fingerprint density at radius 2 is 1.18 bits per heavy atom. The van der Waals surface area contributed by atoms with E-state index in [1.54, 1.807) is 6.92 Å². The Morgan fingerprint density at radius 3 is 1.53 bits per heavy atom. The number of hydrogen-bond acceptors (Lipinski definition) is 4. The molecule has 0 aromatic rings. The second-order valence-corrected chi connectivity index (χ2v) is 3.70. The molecule has 0 N–H and O–H groups in total. The van der Waals surface area contributed by atoms with E-state index in [2.05, 4.69) is 0 Å². The number of carboxylic acid groups (broad SMARTS) is 1. The molecule has 0 aromatic carbocycles. The predicted octanol–water partition coefficient (Wildman–Crippen LogP) is 0.0418. The van der Waals surface area contributed by atoms with Crippen molar-refractivity contribution in [1.29, 1.82) is 0 Å². The van der Waals surface area contributed by atoms with Crippen LogP contribution in [0.15, 0.2) is 0 Å². The summed E-state index contributed by atoms with van der Waals surface area (Å²) in [5.74, 6) is -0.705. The van der Waals surface area contributed by atoms with E-state index in [0.717, 1.165) is 45.6 Å². The summed E-state index contributed by atoms with van der Waals surface area (Å²) in [6, 6.07) is 0. The number of Topliss-reactive ketones (excluding diaryl/α,β-unsaturated/α-hetero) is 1. The van der Waals surface area contributed by atoms with Crippen molar-refractivity contribution in [3.63, 3.8) is 0 Å². The monoisotopic (exact) mass is 270 g/mol. The first kappa shape index (κ1) is 22.5. The molecule has 0 spiro atoms. The van der Waals surface area contributed by atoms with Gasteiger partial charge in [0.2, 0.25) is 0 Å². The smallest absolute Gasteiger partial charge is 0.857 e. The van der Waals surface area contributed by atoms with Crippen LogP contribution in [0, 0.1) is 0 Å². The van der Waals surface area contributed by atoms with Crippen molar-refractivity contribution in [3.8, 4) is 0 Å². The van der Waals surface area contributed by atoms with Crippen LogP contribution in [0.3, 0.4) is 0 Å². The van der Waals surface area contributed by atoms with Crippen LogP contribution in [-0.2, 0) is 9.59 Å². The van der Waals surface area contributed by atoms with Gasteiger partial charge in [0.25, 0.3) is 0 Å². The predicted molar refractivity (Wildman–Crippen MR) is 64.3 cm³/mol. The number of unbranched alkanes of at least 4 members (excludes halogenated alkanes) is 5. The third-order valence-electron chi connectivity index (χ3n) is 2.16. The van der Waals surface area contributed by atoms with Gasteiger partial charge in [0, 0.05) is 12.4 Å². The Hall–Kier alpha value is 0.360. The standard InChI is InChI=1S/C11H20O3.CH3O.Ca/c1-10(12)8-6-4-2-3-5-7-9-11(13)14;1-2;/h2-9H2,1H3,(H,13,14);1H3;/q;-1;+2/p-1. The summed E-state index contributed by atoms with van der Waals surface area (Å²) >= 11 is 0. The first-order chi connectivity index (χ1) is 7.63. The van der Waals surface area contributed by atoms with Crippen molar-refractivity contribution in [2.45, 2.75) is 58.3 Å². The Kier molecular flexibility index (Phi) is 24.8. The summed E-state index contributed by atoms with van der Waals surface area (Å²) in [7, 11) is 0.750. The third-order valence-corrected chi connectivity index (χ3v) is 2.16. The molecule has 96 valence electrons. The maximum Gasteiger partial charge on any atom is 2.00 e. The molecule has 0 aliphatic rings. The maximum absolute atomic E-state index is 10.6. The van der Waals surface area contributed by atoms with Gasteiger partial charge in [-0.15, -0.1) is 0 Å². The molecule has 5 heteroatoms. The first-order valence-electron chi connectivity index (χ1n) is 5.73. The van der Waals surface area contributed by atoms with E-state index in [9.17, 15) is 14.7 Å². The van der Waals surface area contributed by atoms with E-state index in [-0.39, 0.29) is 49.9 Å². The van der Waals surface area contributed by atoms with E-state index in [4.69, 9.17) is 5.11 Å². The van der Waals surface area contributed by atoms with E-state index in [1.165, 1.54) is 0 Å². The molecular weight excluding hydrogens is 248 g/mol. The van der Waals surface area contributed by atoms with Gasteiger partial charge in [0.15, 0.2) is 0 Å². The minimum atomic E-state index is -0.957. The molecule has 0 radical (unpaired) electrons. The molecule has 0 saturated heterocycles. The van der Waals surface area contributed by atoms with Crippen LogP contribution >= 0.6 is 0 Å². The summed E-state index contributed by atoms with van der Waals surface area (Å²) < 4.78 is 0. The van der Waals surface area contributed by atoms with Gasteiger partial charge in [-0.25, -0.2) is 0 Å². The van der Waals surface area contributed by atoms with Crippen molar-refractivity contribution in [1.82, 2.24) is 0 Å². The molecule has 0 atom stereocenters. The zero-order valence-corrected chi connectivity index (χ0v) is 13.2. The molecule has 0 heterocycles. The Balaban J connectivity index is -0.000000616. The number of carboxylic acids is 1. The van der Waals surface area contributed by atoms with Gasteiger partial charge in [0.1, 0.15) is 5.78 Å². The zero-order chi connectivity index (χ0) is 12.8. The molecule has 0 aliphatic carbocycles. The van der Waals surface area contributed by atoms with Crippen molar-refractivity contribution >= 4 is 49.5 Å². The summed E-state index contributed by atoms with van der Waals surface area (Å²) in [5, 5.41) is 18.3. The Bertz CT molecular complexity index is 163. The van der Waals surface area contributed by atoms with Crippen LogP contribution in [0.4, 0.5) is 0 Å². The molecule has 0 aliphatic heterocycles. The topological polar surface area (TPSA) is 80.3 Å². The minimum absolute atomic E-state index is 0. The average molecular weight is 270 g/mol. The largest absolute Gasteiger partial charge is 2.00 e. The summed E-state index contributed by atoms with van der Waals surface area (Å²) in [4.78, 5) is 20.6. The number of ketones is 1. The second-order valence-electron chi connectivity index (χ2n) is 3.70. The van der Waals surface area contributed by atoms with Gasteiger partial charge < -0.3 is 19.8 Å². The normalized spacial score (nSPS) is 8.65. The SMILES string of the molecule is CC(=O)CCCCCCCCC(=O)[O-].C[O-].[Ca+2]. The van der Waals surface area contributed by atoms with Crippen molar-refractivity contribution in [3.05, 3.63) is 0 Å². The number of carbonyl (C=O) groups excluding carboxylic acids is 2. The molecule has 0 bridgehead atoms. The molecule has 17 heavy (non-hydrogen) atoms. The quantitative estimate of drug-likeness (QED) is 0.438. The molecule has 0 amide bonds. The number of rotatable bonds is 9. The van der Waals surface area contributed by atoms with E-state index >= 15 is 0 Å². The molecule has 4 nitrogen and oxygen atoms in total. The van der Waals surface area contributed by atoms with Gasteiger partial charge in [0.05, 0.1) is 0 Å². The van der Waals surface area contributed by atoms with Gasteiger partial charge in [-0.1, -0.05) is 25.7 Å². The average Bonchev–Trinajstić information content (AvgIpc) is 2.24. The molecule has 0 fully saturated rings. The van der Waals surface area contributed by atoms with Crippen molar-refractivity contribution in [2.75, 3.05) is 7.11 Å². The van der Waals surface area contributed by atoms with Gasteiger partial charge in [-0.05, 0) is 26.2 Å². The molecular formula is C12H22CaO4.